The summed E-state index contributed by atoms with van der Waals surface area (Å²) in [6.07, 6.45) is -1.49. The summed E-state index contributed by atoms with van der Waals surface area (Å²) in [7, 11) is 1.33. The summed E-state index contributed by atoms with van der Waals surface area (Å²) < 4.78 is 52.2. The van der Waals surface area contributed by atoms with E-state index in [9.17, 15) is 18.0 Å². The summed E-state index contributed by atoms with van der Waals surface area (Å²) >= 11 is 0. The third kappa shape index (κ3) is 6.79. The van der Waals surface area contributed by atoms with Crippen LogP contribution in [-0.2, 0) is 13.2 Å². The van der Waals surface area contributed by atoms with E-state index in [-0.39, 0.29) is 18.0 Å². The van der Waals surface area contributed by atoms with Crippen molar-refractivity contribution >= 4 is 11.7 Å². The fourth-order valence-electron chi connectivity index (χ4n) is 2.76. The second kappa shape index (κ2) is 10.4. The highest BCUT2D eigenvalue weighted by Gasteiger charge is 2.31. The maximum absolute atomic E-state index is 12.5. The van der Waals surface area contributed by atoms with Gasteiger partial charge in [0.25, 0.3) is 0 Å². The van der Waals surface area contributed by atoms with Crippen LogP contribution in [0.4, 0.5) is 23.7 Å². The topological polar surface area (TPSA) is 81.7 Å². The van der Waals surface area contributed by atoms with Crippen molar-refractivity contribution < 1.29 is 32.2 Å². The number of hydrogen-bond acceptors (Lipinski definition) is 5. The number of rotatable bonds is 8. The highest BCUT2D eigenvalue weighted by molar-refractivity contribution is 5.91. The summed E-state index contributed by atoms with van der Waals surface area (Å²) in [5, 5.41) is 5.11. The maximum atomic E-state index is 12.5. The number of aromatic nitrogens is 1. The van der Waals surface area contributed by atoms with E-state index in [2.05, 4.69) is 20.4 Å². The van der Waals surface area contributed by atoms with Gasteiger partial charge in [-0.15, -0.1) is 13.2 Å². The zero-order valence-electron chi connectivity index (χ0n) is 17.0. The molecule has 3 rings (SSSR count). The van der Waals surface area contributed by atoms with Crippen molar-refractivity contribution in [3.63, 3.8) is 0 Å². The lowest BCUT2D eigenvalue weighted by molar-refractivity contribution is -0.274. The Bertz CT molecular complexity index is 1050. The molecule has 0 radical (unpaired) electrons. The van der Waals surface area contributed by atoms with Gasteiger partial charge in [0.2, 0.25) is 0 Å². The zero-order chi connectivity index (χ0) is 23.0. The Morgan fingerprint density at radius 3 is 2.59 bits per heavy atom. The van der Waals surface area contributed by atoms with Gasteiger partial charge in [0, 0.05) is 36.1 Å². The summed E-state index contributed by atoms with van der Waals surface area (Å²) in [6.45, 7) is 0.427. The highest BCUT2D eigenvalue weighted by Crippen LogP contribution is 2.32. The fraction of sp³-hybridized carbons (Fsp3) is 0.182. The van der Waals surface area contributed by atoms with E-state index in [0.29, 0.717) is 17.9 Å². The van der Waals surface area contributed by atoms with E-state index in [1.807, 2.05) is 6.07 Å². The fourth-order valence-corrected chi connectivity index (χ4v) is 2.76. The highest BCUT2D eigenvalue weighted by atomic mass is 19.4. The van der Waals surface area contributed by atoms with Crippen LogP contribution in [0, 0.1) is 0 Å². The van der Waals surface area contributed by atoms with Crippen LogP contribution < -0.4 is 24.8 Å². The van der Waals surface area contributed by atoms with Crippen molar-refractivity contribution in [2.75, 3.05) is 12.4 Å². The van der Waals surface area contributed by atoms with Crippen LogP contribution in [0.1, 0.15) is 11.1 Å². The second-order valence-electron chi connectivity index (χ2n) is 6.48. The maximum Gasteiger partial charge on any atom is 0.573 e. The van der Waals surface area contributed by atoms with E-state index < -0.39 is 18.1 Å². The molecular weight excluding hydrogens is 427 g/mol. The largest absolute Gasteiger partial charge is 0.573 e. The molecule has 2 aromatic carbocycles. The number of alkyl halides is 3. The SMILES string of the molecule is COc1ccc(OC(F)(F)F)cc1NC(=O)NCc1ccccc1OCc1cccnc1. The van der Waals surface area contributed by atoms with Crippen molar-refractivity contribution in [1.29, 1.82) is 0 Å². The van der Waals surface area contributed by atoms with Crippen molar-refractivity contribution in [2.45, 2.75) is 19.5 Å². The number of hydrogen-bond donors (Lipinski definition) is 2. The minimum absolute atomic E-state index is 0.0212. The van der Waals surface area contributed by atoms with E-state index in [1.165, 1.54) is 13.2 Å². The van der Waals surface area contributed by atoms with Gasteiger partial charge in [-0.05, 0) is 24.3 Å². The molecule has 1 aromatic heterocycles. The van der Waals surface area contributed by atoms with E-state index in [4.69, 9.17) is 9.47 Å². The van der Waals surface area contributed by atoms with Gasteiger partial charge < -0.3 is 24.8 Å². The van der Waals surface area contributed by atoms with Crippen LogP contribution in [0.2, 0.25) is 0 Å². The molecular formula is C22H20F3N3O4. The quantitative estimate of drug-likeness (QED) is 0.514. The van der Waals surface area contributed by atoms with Crippen LogP contribution in [0.25, 0.3) is 0 Å². The Hall–Kier alpha value is -3.95. The Balaban J connectivity index is 1.62. The normalized spacial score (nSPS) is 10.9. The monoisotopic (exact) mass is 447 g/mol. The number of nitrogens with zero attached hydrogens (tertiary/aromatic N) is 1. The number of pyridine rings is 1. The van der Waals surface area contributed by atoms with E-state index in [1.54, 1.807) is 42.7 Å². The molecule has 0 fully saturated rings. The number of para-hydroxylation sites is 1. The first kappa shape index (κ1) is 22.7. The molecule has 32 heavy (non-hydrogen) atoms. The number of carbonyl (C=O) groups is 1. The average molecular weight is 447 g/mol. The number of nitrogens with one attached hydrogen (secondary N) is 2. The van der Waals surface area contributed by atoms with Gasteiger partial charge in [-0.3, -0.25) is 4.98 Å². The van der Waals surface area contributed by atoms with Gasteiger partial charge in [-0.1, -0.05) is 24.3 Å². The molecule has 2 amide bonds. The molecule has 168 valence electrons. The lowest BCUT2D eigenvalue weighted by atomic mass is 10.2. The molecule has 0 aliphatic rings. The van der Waals surface area contributed by atoms with Gasteiger partial charge in [-0.25, -0.2) is 4.79 Å². The lowest BCUT2D eigenvalue weighted by Gasteiger charge is -2.15. The van der Waals surface area contributed by atoms with Crippen molar-refractivity contribution in [1.82, 2.24) is 10.3 Å². The number of halogens is 3. The molecule has 0 aliphatic heterocycles. The first-order chi connectivity index (χ1) is 15.3. The molecule has 10 heteroatoms. The van der Waals surface area contributed by atoms with Gasteiger partial charge in [-0.2, -0.15) is 0 Å². The van der Waals surface area contributed by atoms with Crippen LogP contribution in [-0.4, -0.2) is 24.5 Å². The lowest BCUT2D eigenvalue weighted by Crippen LogP contribution is -2.28. The van der Waals surface area contributed by atoms with Crippen molar-refractivity contribution in [3.05, 3.63) is 78.1 Å². The zero-order valence-corrected chi connectivity index (χ0v) is 17.0. The number of benzene rings is 2. The van der Waals surface area contributed by atoms with Crippen LogP contribution >= 0.6 is 0 Å². The minimum Gasteiger partial charge on any atom is -0.495 e. The van der Waals surface area contributed by atoms with Gasteiger partial charge in [0.15, 0.2) is 0 Å². The second-order valence-corrected chi connectivity index (χ2v) is 6.48. The molecule has 0 aliphatic carbocycles. The Kier molecular flexibility index (Phi) is 7.37. The number of anilines is 1. The Morgan fingerprint density at radius 1 is 1.06 bits per heavy atom. The molecule has 7 nitrogen and oxygen atoms in total. The van der Waals surface area contributed by atoms with Gasteiger partial charge in [0.1, 0.15) is 23.9 Å². The molecule has 2 N–H and O–H groups in total. The standard InChI is InChI=1S/C22H20F3N3O4/c1-30-20-9-8-17(32-22(23,24)25)11-18(20)28-21(29)27-13-16-6-2-3-7-19(16)31-14-15-5-4-10-26-12-15/h2-12H,13-14H2,1H3,(H2,27,28,29). The van der Waals surface area contributed by atoms with Gasteiger partial charge >= 0.3 is 12.4 Å². The number of urea groups is 1. The molecule has 0 spiro atoms. The molecule has 3 aromatic rings. The smallest absolute Gasteiger partial charge is 0.495 e. The summed E-state index contributed by atoms with van der Waals surface area (Å²) in [4.78, 5) is 16.4. The number of amides is 2. The molecule has 0 unspecified atom stereocenters. The third-order valence-electron chi connectivity index (χ3n) is 4.18. The average Bonchev–Trinajstić information content (AvgIpc) is 2.76. The van der Waals surface area contributed by atoms with Crippen molar-refractivity contribution in [3.8, 4) is 17.2 Å². The minimum atomic E-state index is -4.85. The molecule has 0 atom stereocenters. The number of ether oxygens (including phenoxy) is 3. The first-order valence-electron chi connectivity index (χ1n) is 9.42. The summed E-state index contributed by atoms with van der Waals surface area (Å²) in [5.74, 6) is 0.271. The van der Waals surface area contributed by atoms with Gasteiger partial charge in [0.05, 0.1) is 12.8 Å². The Morgan fingerprint density at radius 2 is 1.88 bits per heavy atom. The predicted molar refractivity (Wildman–Crippen MR) is 111 cm³/mol. The molecule has 1 heterocycles. The number of carbonyl (C=O) groups excluding carboxylic acids is 1. The van der Waals surface area contributed by atoms with E-state index >= 15 is 0 Å². The molecule has 0 saturated carbocycles. The van der Waals surface area contributed by atoms with Crippen LogP contribution in [0.15, 0.2) is 67.0 Å². The van der Waals surface area contributed by atoms with E-state index in [0.717, 1.165) is 17.7 Å². The van der Waals surface area contributed by atoms with Crippen LogP contribution in [0.3, 0.4) is 0 Å². The number of methoxy groups -OCH3 is 1. The van der Waals surface area contributed by atoms with Crippen LogP contribution in [0.5, 0.6) is 17.2 Å². The molecule has 0 saturated heterocycles. The Labute approximate surface area is 182 Å². The van der Waals surface area contributed by atoms with Crippen molar-refractivity contribution in [2.24, 2.45) is 0 Å². The summed E-state index contributed by atoms with van der Waals surface area (Å²) in [6, 6.07) is 13.6. The molecule has 0 bridgehead atoms. The summed E-state index contributed by atoms with van der Waals surface area (Å²) in [5.41, 5.74) is 1.63. The third-order valence-corrected chi connectivity index (χ3v) is 4.18. The first-order valence-corrected chi connectivity index (χ1v) is 9.42. The predicted octanol–water partition coefficient (Wildman–Crippen LogP) is 4.89.